The Balaban J connectivity index is 3.13. The predicted molar refractivity (Wildman–Crippen MR) is 104 cm³/mol. The van der Waals surface area contributed by atoms with Gasteiger partial charge < -0.3 is 9.53 Å². The van der Waals surface area contributed by atoms with E-state index in [0.29, 0.717) is 12.0 Å². The second kappa shape index (κ2) is 11.6. The monoisotopic (exact) mass is 360 g/mol. The summed E-state index contributed by atoms with van der Waals surface area (Å²) >= 11 is 0. The normalized spacial score (nSPS) is 25.8. The molecular formula is C22H32O4. The number of allylic oxidation sites excluding steroid dienone is 6. The Morgan fingerprint density at radius 1 is 1.27 bits per heavy atom. The quantitative estimate of drug-likeness (QED) is 0.361. The lowest BCUT2D eigenvalue weighted by Gasteiger charge is -2.31. The summed E-state index contributed by atoms with van der Waals surface area (Å²) in [4.78, 5) is 34.8. The molecule has 1 aliphatic carbocycles. The highest BCUT2D eigenvalue weighted by molar-refractivity contribution is 5.81. The first-order valence-electron chi connectivity index (χ1n) is 9.41. The minimum absolute atomic E-state index is 0.0182. The topological polar surface area (TPSA) is 60.4 Å². The van der Waals surface area contributed by atoms with Crippen LogP contribution in [0.4, 0.5) is 0 Å². The molecule has 0 saturated carbocycles. The first kappa shape index (κ1) is 22.1. The molecule has 0 spiro atoms. The molecule has 1 aliphatic rings. The SMILES string of the molecule is CC(=O)OC[C@H](CCC=C(C)C)[C@@H]1CC/C(C)=C/C/C=C(/C=O)C1C=O. The van der Waals surface area contributed by atoms with E-state index < -0.39 is 5.92 Å². The summed E-state index contributed by atoms with van der Waals surface area (Å²) in [6.45, 7) is 7.87. The van der Waals surface area contributed by atoms with Crippen molar-refractivity contribution in [3.8, 4) is 0 Å². The van der Waals surface area contributed by atoms with Crippen LogP contribution in [0.2, 0.25) is 0 Å². The van der Waals surface area contributed by atoms with Gasteiger partial charge in [0.25, 0.3) is 0 Å². The molecule has 0 N–H and O–H groups in total. The van der Waals surface area contributed by atoms with Gasteiger partial charge in [-0.25, -0.2) is 0 Å². The Labute approximate surface area is 157 Å². The molecule has 4 nitrogen and oxygen atoms in total. The molecule has 0 aliphatic heterocycles. The van der Waals surface area contributed by atoms with Crippen molar-refractivity contribution in [2.24, 2.45) is 17.8 Å². The third kappa shape index (κ3) is 7.51. The molecule has 0 amide bonds. The van der Waals surface area contributed by atoms with Gasteiger partial charge in [-0.1, -0.05) is 29.4 Å². The lowest BCUT2D eigenvalue weighted by Crippen LogP contribution is -2.30. The Bertz CT molecular complexity index is 579. The standard InChI is InChI=1S/C22H32O4/c1-16(2)7-5-10-20(15-26-18(4)25)21-12-11-17(3)8-6-9-19(13-23)22(21)14-24/h7-9,13-14,20-22H,5-6,10-12,15H2,1-4H3/b17-8+,19-9-/t20-,21-,22?/m0/s1. The molecule has 0 aromatic heterocycles. The molecular weight excluding hydrogens is 328 g/mol. The van der Waals surface area contributed by atoms with Gasteiger partial charge in [-0.3, -0.25) is 9.59 Å². The second-order valence-corrected chi connectivity index (χ2v) is 7.39. The van der Waals surface area contributed by atoms with E-state index in [-0.39, 0.29) is 24.4 Å². The van der Waals surface area contributed by atoms with E-state index >= 15 is 0 Å². The maximum Gasteiger partial charge on any atom is 0.302 e. The Hall–Kier alpha value is -1.97. The lowest BCUT2D eigenvalue weighted by molar-refractivity contribution is -0.143. The van der Waals surface area contributed by atoms with Crippen LogP contribution >= 0.6 is 0 Å². The van der Waals surface area contributed by atoms with Crippen LogP contribution in [0.15, 0.2) is 34.9 Å². The fourth-order valence-electron chi connectivity index (χ4n) is 3.52. The van der Waals surface area contributed by atoms with E-state index in [1.165, 1.54) is 18.1 Å². The first-order valence-corrected chi connectivity index (χ1v) is 9.41. The van der Waals surface area contributed by atoms with Gasteiger partial charge in [0.1, 0.15) is 12.6 Å². The van der Waals surface area contributed by atoms with Gasteiger partial charge in [0.05, 0.1) is 6.61 Å². The van der Waals surface area contributed by atoms with Gasteiger partial charge in [-0.15, -0.1) is 0 Å². The fourth-order valence-corrected chi connectivity index (χ4v) is 3.52. The molecule has 0 aromatic rings. The minimum Gasteiger partial charge on any atom is -0.466 e. The molecule has 4 heteroatoms. The van der Waals surface area contributed by atoms with E-state index in [0.717, 1.165) is 38.3 Å². The highest BCUT2D eigenvalue weighted by Crippen LogP contribution is 2.35. The number of hydrogen-bond acceptors (Lipinski definition) is 4. The van der Waals surface area contributed by atoms with Crippen molar-refractivity contribution < 1.29 is 19.1 Å². The molecule has 0 saturated heterocycles. The van der Waals surface area contributed by atoms with E-state index in [1.54, 1.807) is 0 Å². The Morgan fingerprint density at radius 2 is 2.00 bits per heavy atom. The van der Waals surface area contributed by atoms with Crippen molar-refractivity contribution in [3.63, 3.8) is 0 Å². The molecule has 1 unspecified atom stereocenters. The molecule has 144 valence electrons. The number of aldehydes is 2. The van der Waals surface area contributed by atoms with Crippen LogP contribution in [-0.4, -0.2) is 25.1 Å². The average Bonchev–Trinajstić information content (AvgIpc) is 2.66. The largest absolute Gasteiger partial charge is 0.466 e. The van der Waals surface area contributed by atoms with E-state index in [4.69, 9.17) is 4.74 Å². The summed E-state index contributed by atoms with van der Waals surface area (Å²) in [6, 6.07) is 0. The van der Waals surface area contributed by atoms with Crippen molar-refractivity contribution in [1.82, 2.24) is 0 Å². The molecule has 0 bridgehead atoms. The third-order valence-corrected chi connectivity index (χ3v) is 5.02. The summed E-state index contributed by atoms with van der Waals surface area (Å²) in [6.07, 6.45) is 11.9. The minimum atomic E-state index is -0.445. The number of carbonyl (C=O) groups is 3. The number of hydrogen-bond donors (Lipinski definition) is 0. The molecule has 0 fully saturated rings. The van der Waals surface area contributed by atoms with Crippen molar-refractivity contribution in [1.29, 1.82) is 0 Å². The first-order chi connectivity index (χ1) is 12.4. The number of carbonyl (C=O) groups excluding carboxylic acids is 3. The Morgan fingerprint density at radius 3 is 2.58 bits per heavy atom. The second-order valence-electron chi connectivity index (χ2n) is 7.39. The maximum atomic E-state index is 11.9. The third-order valence-electron chi connectivity index (χ3n) is 5.02. The zero-order valence-corrected chi connectivity index (χ0v) is 16.5. The van der Waals surface area contributed by atoms with Crippen LogP contribution in [0, 0.1) is 17.8 Å². The lowest BCUT2D eigenvalue weighted by atomic mass is 9.74. The van der Waals surface area contributed by atoms with Gasteiger partial charge in [0.15, 0.2) is 0 Å². The van der Waals surface area contributed by atoms with E-state index in [9.17, 15) is 14.4 Å². The number of rotatable bonds is 8. The molecule has 0 radical (unpaired) electrons. The highest BCUT2D eigenvalue weighted by atomic mass is 16.5. The maximum absolute atomic E-state index is 11.9. The molecule has 26 heavy (non-hydrogen) atoms. The summed E-state index contributed by atoms with van der Waals surface area (Å²) < 4.78 is 5.31. The average molecular weight is 360 g/mol. The molecule has 1 rings (SSSR count). The highest BCUT2D eigenvalue weighted by Gasteiger charge is 2.32. The zero-order chi connectivity index (χ0) is 19.5. The Kier molecular flexibility index (Phi) is 9.85. The number of esters is 1. The van der Waals surface area contributed by atoms with Gasteiger partial charge in [-0.05, 0) is 70.3 Å². The molecule has 3 atom stereocenters. The van der Waals surface area contributed by atoms with Crippen LogP contribution in [0.5, 0.6) is 0 Å². The van der Waals surface area contributed by atoms with Crippen molar-refractivity contribution in [2.45, 2.75) is 59.8 Å². The van der Waals surface area contributed by atoms with Gasteiger partial charge in [0, 0.05) is 12.8 Å². The van der Waals surface area contributed by atoms with Crippen LogP contribution in [0.25, 0.3) is 0 Å². The van der Waals surface area contributed by atoms with Crippen molar-refractivity contribution in [3.05, 3.63) is 34.9 Å². The van der Waals surface area contributed by atoms with Gasteiger partial charge in [0.2, 0.25) is 0 Å². The van der Waals surface area contributed by atoms with E-state index in [2.05, 4.69) is 32.9 Å². The van der Waals surface area contributed by atoms with Crippen LogP contribution < -0.4 is 0 Å². The smallest absolute Gasteiger partial charge is 0.302 e. The summed E-state index contributed by atoms with van der Waals surface area (Å²) in [5.74, 6) is -0.738. The van der Waals surface area contributed by atoms with Crippen molar-refractivity contribution in [2.75, 3.05) is 6.61 Å². The summed E-state index contributed by atoms with van der Waals surface area (Å²) in [7, 11) is 0. The molecule has 0 aromatic carbocycles. The van der Waals surface area contributed by atoms with Gasteiger partial charge in [-0.2, -0.15) is 0 Å². The summed E-state index contributed by atoms with van der Waals surface area (Å²) in [5, 5.41) is 0. The fraction of sp³-hybridized carbons (Fsp3) is 0.591. The summed E-state index contributed by atoms with van der Waals surface area (Å²) in [5.41, 5.74) is 3.05. The van der Waals surface area contributed by atoms with Crippen LogP contribution in [0.1, 0.15) is 59.8 Å². The van der Waals surface area contributed by atoms with Gasteiger partial charge >= 0.3 is 5.97 Å². The zero-order valence-electron chi connectivity index (χ0n) is 16.5. The van der Waals surface area contributed by atoms with Crippen LogP contribution in [0.3, 0.4) is 0 Å². The molecule has 0 heterocycles. The van der Waals surface area contributed by atoms with Crippen molar-refractivity contribution >= 4 is 18.5 Å². The number of ether oxygens (including phenoxy) is 1. The van der Waals surface area contributed by atoms with E-state index in [1.807, 2.05) is 6.08 Å². The predicted octanol–water partition coefficient (Wildman–Crippen LogP) is 4.60. The van der Waals surface area contributed by atoms with Crippen LogP contribution in [-0.2, 0) is 19.1 Å².